The number of nitrogens with zero attached hydrogens (tertiary/aromatic N) is 5. The number of carbonyl (C=O) groups is 7. The van der Waals surface area contributed by atoms with Gasteiger partial charge in [-0.15, -0.1) is 0 Å². The van der Waals surface area contributed by atoms with Crippen LogP contribution in [0.15, 0.2) is 49.1 Å². The Morgan fingerprint density at radius 1 is 0.952 bits per heavy atom. The van der Waals surface area contributed by atoms with Gasteiger partial charge in [0.05, 0.1) is 19.0 Å². The zero-order valence-corrected chi connectivity index (χ0v) is 34.7. The first-order valence-corrected chi connectivity index (χ1v) is 20.4. The van der Waals surface area contributed by atoms with E-state index in [0.29, 0.717) is 41.8 Å². The second-order valence-corrected chi connectivity index (χ2v) is 15.7. The summed E-state index contributed by atoms with van der Waals surface area (Å²) in [6, 6.07) is 2.77. The molecule has 2 fully saturated rings. The van der Waals surface area contributed by atoms with Crippen molar-refractivity contribution in [1.29, 1.82) is 0 Å². The van der Waals surface area contributed by atoms with Gasteiger partial charge >= 0.3 is 6.09 Å². The number of hydrogen-bond acceptors (Lipinski definition) is 16. The standard InChI is InChI=1S/C40H51N11O12/c1-20(2)30(47-26(53)12-14-51-28(55)10-11-29(51)56)38(60)45-21(3)37(59)46-23-8-6-22(7-9-23)17-62-40(61)50-13-4-5-24(50)15-27(54)48-31-25(16-52)63-39(34(58)33(31)57)49-36-32-35(42-18-41-32)43-19-44-36/h6-11,18-21,24-25,30-31,33-34,39,52,57-58H,4-5,12-17H2,1-3H3,(H,45,60)(H,46,59)(H,47,53)(H,48,54)(H2,41,42,43,44,49)/t21-,24+,25-,30-,31-,33+,34-,39-/m0/s1. The number of fused-ring (bicyclic) bond motifs is 1. The van der Waals surface area contributed by atoms with Crippen LogP contribution >= 0.6 is 0 Å². The molecular weight excluding hydrogens is 827 g/mol. The first kappa shape index (κ1) is 46.0. The molecule has 2 aromatic heterocycles. The molecule has 9 N–H and O–H groups in total. The minimum atomic E-state index is -1.55. The highest BCUT2D eigenvalue weighted by molar-refractivity contribution is 6.13. The van der Waals surface area contributed by atoms with Crippen molar-refractivity contribution in [2.24, 2.45) is 5.92 Å². The third kappa shape index (κ3) is 11.3. The summed E-state index contributed by atoms with van der Waals surface area (Å²) in [4.78, 5) is 106. The maximum Gasteiger partial charge on any atom is 0.410 e. The van der Waals surface area contributed by atoms with Crippen molar-refractivity contribution in [2.45, 2.75) is 102 Å². The van der Waals surface area contributed by atoms with Gasteiger partial charge in [-0.25, -0.2) is 19.7 Å². The zero-order valence-electron chi connectivity index (χ0n) is 34.7. The zero-order chi connectivity index (χ0) is 45.4. The maximum absolute atomic E-state index is 13.2. The highest BCUT2D eigenvalue weighted by atomic mass is 16.6. The van der Waals surface area contributed by atoms with Crippen LogP contribution in [0.2, 0.25) is 0 Å². The first-order valence-electron chi connectivity index (χ1n) is 20.4. The number of nitrogens with one attached hydrogen (secondary N) is 6. The van der Waals surface area contributed by atoms with Crippen molar-refractivity contribution in [3.05, 3.63) is 54.6 Å². The predicted octanol–water partition coefficient (Wildman–Crippen LogP) is -1.22. The van der Waals surface area contributed by atoms with Crippen LogP contribution in [0.3, 0.4) is 0 Å². The van der Waals surface area contributed by atoms with Crippen molar-refractivity contribution in [1.82, 2.24) is 45.7 Å². The van der Waals surface area contributed by atoms with Crippen LogP contribution in [-0.2, 0) is 44.8 Å². The minimum Gasteiger partial charge on any atom is -0.445 e. The smallest absolute Gasteiger partial charge is 0.410 e. The number of aliphatic hydroxyl groups is 3. The molecule has 8 atom stereocenters. The normalized spacial score (nSPS) is 23.1. The third-order valence-corrected chi connectivity index (χ3v) is 10.9. The third-order valence-electron chi connectivity index (χ3n) is 10.9. The van der Waals surface area contributed by atoms with Crippen molar-refractivity contribution in [3.8, 4) is 0 Å². The molecule has 0 aliphatic carbocycles. The van der Waals surface area contributed by atoms with Gasteiger partial charge in [0.25, 0.3) is 11.8 Å². The van der Waals surface area contributed by atoms with Gasteiger partial charge < -0.3 is 61.3 Å². The molecule has 3 aliphatic rings. The van der Waals surface area contributed by atoms with Crippen LogP contribution in [0.25, 0.3) is 11.2 Å². The van der Waals surface area contributed by atoms with E-state index >= 15 is 0 Å². The van der Waals surface area contributed by atoms with Gasteiger partial charge in [0, 0.05) is 49.8 Å². The molecule has 6 rings (SSSR count). The van der Waals surface area contributed by atoms with E-state index in [9.17, 15) is 48.9 Å². The van der Waals surface area contributed by atoms with E-state index in [0.717, 1.165) is 17.1 Å². The van der Waals surface area contributed by atoms with E-state index in [1.165, 1.54) is 24.5 Å². The number of imide groups is 1. The summed E-state index contributed by atoms with van der Waals surface area (Å²) in [7, 11) is 0. The monoisotopic (exact) mass is 877 g/mol. The summed E-state index contributed by atoms with van der Waals surface area (Å²) in [5.41, 5.74) is 1.79. The van der Waals surface area contributed by atoms with Crippen molar-refractivity contribution >= 4 is 64.2 Å². The Morgan fingerprint density at radius 2 is 1.68 bits per heavy atom. The van der Waals surface area contributed by atoms with Gasteiger partial charge in [-0.05, 0) is 43.4 Å². The molecule has 0 saturated carbocycles. The Kier molecular flexibility index (Phi) is 15.0. The van der Waals surface area contributed by atoms with Crippen molar-refractivity contribution in [2.75, 3.05) is 30.3 Å². The number of amides is 7. The quantitative estimate of drug-likeness (QED) is 0.0718. The lowest BCUT2D eigenvalue weighted by Crippen LogP contribution is -2.66. The number of imidazole rings is 1. The van der Waals surface area contributed by atoms with E-state index in [2.05, 4.69) is 46.5 Å². The number of aromatic amines is 1. The van der Waals surface area contributed by atoms with Gasteiger partial charge in [-0.2, -0.15) is 0 Å². The molecule has 338 valence electrons. The van der Waals surface area contributed by atoms with Gasteiger partial charge in [-0.3, -0.25) is 33.7 Å². The van der Waals surface area contributed by atoms with Gasteiger partial charge in [0.2, 0.25) is 23.6 Å². The molecule has 3 aromatic rings. The van der Waals surface area contributed by atoms with E-state index in [4.69, 9.17) is 9.47 Å². The van der Waals surface area contributed by atoms with Gasteiger partial charge in [0.1, 0.15) is 48.8 Å². The van der Waals surface area contributed by atoms with E-state index in [1.807, 2.05) is 0 Å². The Hall–Kier alpha value is -6.56. The minimum absolute atomic E-state index is 0.115. The van der Waals surface area contributed by atoms with Crippen LogP contribution in [0.4, 0.5) is 16.3 Å². The summed E-state index contributed by atoms with van der Waals surface area (Å²) in [5.74, 6) is -3.37. The molecule has 2 saturated heterocycles. The fourth-order valence-electron chi connectivity index (χ4n) is 7.35. The Balaban J connectivity index is 0.928. The summed E-state index contributed by atoms with van der Waals surface area (Å²) in [6.45, 7) is 4.40. The summed E-state index contributed by atoms with van der Waals surface area (Å²) in [6.07, 6.45) is -0.377. The second-order valence-electron chi connectivity index (χ2n) is 15.7. The van der Waals surface area contributed by atoms with E-state index < -0.39 is 96.9 Å². The molecule has 3 aliphatic heterocycles. The number of aliphatic hydroxyl groups excluding tert-OH is 3. The van der Waals surface area contributed by atoms with Gasteiger partial charge in [-0.1, -0.05) is 26.0 Å². The fraction of sp³-hybridized carbons (Fsp3) is 0.500. The number of anilines is 2. The lowest BCUT2D eigenvalue weighted by atomic mass is 9.95. The molecule has 0 bridgehead atoms. The van der Waals surface area contributed by atoms with Crippen molar-refractivity contribution < 1.29 is 58.4 Å². The Bertz CT molecular complexity index is 2180. The van der Waals surface area contributed by atoms with Gasteiger partial charge in [0.15, 0.2) is 17.7 Å². The van der Waals surface area contributed by atoms with E-state index in [-0.39, 0.29) is 37.7 Å². The molecule has 63 heavy (non-hydrogen) atoms. The van der Waals surface area contributed by atoms with Crippen molar-refractivity contribution in [3.63, 3.8) is 0 Å². The number of rotatable bonds is 17. The molecule has 0 unspecified atom stereocenters. The number of hydrogen-bond donors (Lipinski definition) is 9. The van der Waals surface area contributed by atoms with Crippen LogP contribution in [0.5, 0.6) is 0 Å². The van der Waals surface area contributed by atoms with Crippen LogP contribution in [0.1, 0.15) is 52.0 Å². The summed E-state index contributed by atoms with van der Waals surface area (Å²) in [5, 5.41) is 45.5. The van der Waals surface area contributed by atoms with E-state index in [1.54, 1.807) is 38.1 Å². The molecule has 23 heteroatoms. The topological polar surface area (TPSA) is 320 Å². The molecule has 1 aromatic carbocycles. The SMILES string of the molecule is CC(C)[C@H](NC(=O)CCN1C(=O)C=CC1=O)C(=O)N[C@@H](C)C(=O)Nc1ccc(COC(=O)N2CCC[C@@H]2CC(=O)N[C@@H]2[C@@H](O)[C@H](O)[C@@H](Nc3ncnc4nc[nH]c34)O[C@H]2CO)cc1. The van der Waals surface area contributed by atoms with Crippen LogP contribution < -0.4 is 26.6 Å². The molecule has 0 spiro atoms. The lowest BCUT2D eigenvalue weighted by molar-refractivity contribution is -0.185. The highest BCUT2D eigenvalue weighted by Gasteiger charge is 2.46. The molecular formula is C40H51N11O12. The highest BCUT2D eigenvalue weighted by Crippen LogP contribution is 2.26. The average molecular weight is 878 g/mol. The number of likely N-dealkylation sites (tertiary alicyclic amines) is 1. The maximum atomic E-state index is 13.2. The largest absolute Gasteiger partial charge is 0.445 e. The second kappa shape index (κ2) is 20.5. The average Bonchev–Trinajstić information content (AvgIpc) is 4.01. The van der Waals surface area contributed by atoms with Crippen LogP contribution in [0, 0.1) is 5.92 Å². The number of aromatic nitrogens is 4. The molecule has 5 heterocycles. The lowest BCUT2D eigenvalue weighted by Gasteiger charge is -2.43. The van der Waals surface area contributed by atoms with Crippen LogP contribution in [-0.4, -0.2) is 155 Å². The Labute approximate surface area is 360 Å². The number of carbonyl (C=O) groups excluding carboxylic acids is 7. The summed E-state index contributed by atoms with van der Waals surface area (Å²) >= 11 is 0. The number of H-pyrrole nitrogens is 1. The predicted molar refractivity (Wildman–Crippen MR) is 219 cm³/mol. The fourth-order valence-corrected chi connectivity index (χ4v) is 7.35. The Morgan fingerprint density at radius 3 is 2.38 bits per heavy atom. The summed E-state index contributed by atoms with van der Waals surface area (Å²) < 4.78 is 11.4. The number of benzene rings is 1. The molecule has 0 radical (unpaired) electrons. The first-order chi connectivity index (χ1) is 30.1. The number of ether oxygens (including phenoxy) is 2. The molecule has 23 nitrogen and oxygen atoms in total. The molecule has 7 amide bonds.